The first-order chi connectivity index (χ1) is 11.5. The lowest BCUT2D eigenvalue weighted by molar-refractivity contribution is 0.208. The van der Waals surface area contributed by atoms with Crippen LogP contribution < -0.4 is 5.32 Å². The number of nitrogens with one attached hydrogen (secondary N) is 1. The van der Waals surface area contributed by atoms with Gasteiger partial charge < -0.3 is 10.2 Å². The molecule has 0 heterocycles. The van der Waals surface area contributed by atoms with Crippen molar-refractivity contribution in [1.82, 2.24) is 4.90 Å². The number of carbonyl (C=O) groups is 1. The van der Waals surface area contributed by atoms with Crippen LogP contribution in [0.5, 0.6) is 0 Å². The fourth-order valence-electron chi connectivity index (χ4n) is 3.11. The van der Waals surface area contributed by atoms with Crippen LogP contribution in [-0.4, -0.2) is 24.0 Å². The van der Waals surface area contributed by atoms with E-state index in [1.807, 2.05) is 35.2 Å². The first kappa shape index (κ1) is 18.3. The topological polar surface area (TPSA) is 32.3 Å². The zero-order valence-corrected chi connectivity index (χ0v) is 15.2. The molecule has 0 spiro atoms. The van der Waals surface area contributed by atoms with E-state index in [9.17, 15) is 4.79 Å². The van der Waals surface area contributed by atoms with E-state index in [1.54, 1.807) is 0 Å². The molecular formula is C21H30N2O. The van der Waals surface area contributed by atoms with Crippen molar-refractivity contribution in [3.8, 4) is 0 Å². The number of anilines is 1. The first-order valence-electron chi connectivity index (χ1n) is 8.90. The summed E-state index contributed by atoms with van der Waals surface area (Å²) in [5, 5.41) is 3.01. The van der Waals surface area contributed by atoms with E-state index in [0.717, 1.165) is 38.0 Å². The Morgan fingerprint density at radius 3 is 2.58 bits per heavy atom. The van der Waals surface area contributed by atoms with Crippen LogP contribution in [0.2, 0.25) is 0 Å². The SMILES string of the molecule is C=C(C)C1CC=C(CN(CC(C)C)C(=O)Nc2ccccc2)CC1. The number of nitrogens with zero attached hydrogens (tertiary/aromatic N) is 1. The molecule has 3 heteroatoms. The summed E-state index contributed by atoms with van der Waals surface area (Å²) < 4.78 is 0. The Hall–Kier alpha value is -2.03. The highest BCUT2D eigenvalue weighted by atomic mass is 16.2. The smallest absolute Gasteiger partial charge is 0.320 e. The van der Waals surface area contributed by atoms with E-state index in [0.29, 0.717) is 11.8 Å². The monoisotopic (exact) mass is 326 g/mol. The Balaban J connectivity index is 2.00. The Labute approximate surface area is 146 Å². The Morgan fingerprint density at radius 1 is 1.33 bits per heavy atom. The van der Waals surface area contributed by atoms with Crippen LogP contribution in [0, 0.1) is 11.8 Å². The van der Waals surface area contributed by atoms with Crippen molar-refractivity contribution in [1.29, 1.82) is 0 Å². The van der Waals surface area contributed by atoms with E-state index in [2.05, 4.69) is 38.7 Å². The largest absolute Gasteiger partial charge is 0.322 e. The van der Waals surface area contributed by atoms with Crippen LogP contribution in [0.3, 0.4) is 0 Å². The quantitative estimate of drug-likeness (QED) is 0.690. The number of urea groups is 1. The summed E-state index contributed by atoms with van der Waals surface area (Å²) in [5.74, 6) is 1.05. The zero-order chi connectivity index (χ0) is 17.5. The van der Waals surface area contributed by atoms with Gasteiger partial charge in [0.15, 0.2) is 0 Å². The molecule has 0 bridgehead atoms. The molecule has 1 aromatic rings. The van der Waals surface area contributed by atoms with Gasteiger partial charge in [-0.1, -0.05) is 55.8 Å². The highest BCUT2D eigenvalue weighted by Gasteiger charge is 2.20. The molecule has 0 saturated carbocycles. The van der Waals surface area contributed by atoms with Crippen molar-refractivity contribution in [2.24, 2.45) is 11.8 Å². The number of allylic oxidation sites excluding steroid dienone is 2. The lowest BCUT2D eigenvalue weighted by Crippen LogP contribution is -2.39. The second kappa shape index (κ2) is 8.72. The number of benzene rings is 1. The molecule has 0 aromatic heterocycles. The Morgan fingerprint density at radius 2 is 2.04 bits per heavy atom. The molecule has 0 saturated heterocycles. The van der Waals surface area contributed by atoms with Crippen molar-refractivity contribution in [3.63, 3.8) is 0 Å². The molecule has 2 rings (SSSR count). The van der Waals surface area contributed by atoms with Crippen molar-refractivity contribution in [2.45, 2.75) is 40.0 Å². The molecule has 0 fully saturated rings. The molecule has 1 N–H and O–H groups in total. The fourth-order valence-corrected chi connectivity index (χ4v) is 3.11. The molecule has 1 atom stereocenters. The normalized spacial score (nSPS) is 17.3. The molecule has 130 valence electrons. The number of hydrogen-bond donors (Lipinski definition) is 1. The molecule has 1 aromatic carbocycles. The zero-order valence-electron chi connectivity index (χ0n) is 15.2. The van der Waals surface area contributed by atoms with E-state index in [4.69, 9.17) is 0 Å². The van der Waals surface area contributed by atoms with E-state index in [-0.39, 0.29) is 6.03 Å². The van der Waals surface area contributed by atoms with Crippen molar-refractivity contribution in [3.05, 3.63) is 54.1 Å². The van der Waals surface area contributed by atoms with Gasteiger partial charge in [-0.15, -0.1) is 0 Å². The molecule has 24 heavy (non-hydrogen) atoms. The van der Waals surface area contributed by atoms with Crippen molar-refractivity contribution >= 4 is 11.7 Å². The minimum atomic E-state index is -0.0159. The Kier molecular flexibility index (Phi) is 6.65. The van der Waals surface area contributed by atoms with E-state index >= 15 is 0 Å². The summed E-state index contributed by atoms with van der Waals surface area (Å²) in [4.78, 5) is 14.6. The maximum atomic E-state index is 12.7. The minimum absolute atomic E-state index is 0.0159. The molecular weight excluding hydrogens is 296 g/mol. The minimum Gasteiger partial charge on any atom is -0.320 e. The highest BCUT2D eigenvalue weighted by molar-refractivity contribution is 5.89. The van der Waals surface area contributed by atoms with Crippen LogP contribution in [0.1, 0.15) is 40.0 Å². The van der Waals surface area contributed by atoms with Gasteiger partial charge in [0.25, 0.3) is 0 Å². The number of carbonyl (C=O) groups excluding carboxylic acids is 1. The van der Waals surface area contributed by atoms with Crippen LogP contribution in [0.4, 0.5) is 10.5 Å². The van der Waals surface area contributed by atoms with Gasteiger partial charge in [-0.05, 0) is 50.2 Å². The fraction of sp³-hybridized carbons (Fsp3) is 0.476. The summed E-state index contributed by atoms with van der Waals surface area (Å²) in [6.07, 6.45) is 5.58. The van der Waals surface area contributed by atoms with Gasteiger partial charge in [0, 0.05) is 18.8 Å². The summed E-state index contributed by atoms with van der Waals surface area (Å²) in [7, 11) is 0. The average Bonchev–Trinajstić information content (AvgIpc) is 2.55. The molecule has 0 aliphatic heterocycles. The molecule has 1 aliphatic rings. The van der Waals surface area contributed by atoms with Gasteiger partial charge >= 0.3 is 6.03 Å². The predicted molar refractivity (Wildman–Crippen MR) is 102 cm³/mol. The summed E-state index contributed by atoms with van der Waals surface area (Å²) in [6.45, 7) is 12.0. The van der Waals surface area contributed by atoms with E-state index in [1.165, 1.54) is 11.1 Å². The third kappa shape index (κ3) is 5.55. The first-order valence-corrected chi connectivity index (χ1v) is 8.90. The number of para-hydroxylation sites is 1. The van der Waals surface area contributed by atoms with Crippen LogP contribution in [-0.2, 0) is 0 Å². The number of rotatable bonds is 6. The van der Waals surface area contributed by atoms with Gasteiger partial charge in [0.05, 0.1) is 0 Å². The lowest BCUT2D eigenvalue weighted by atomic mass is 9.85. The van der Waals surface area contributed by atoms with Crippen LogP contribution in [0.25, 0.3) is 0 Å². The second-order valence-electron chi connectivity index (χ2n) is 7.25. The number of amides is 2. The van der Waals surface area contributed by atoms with Gasteiger partial charge in [-0.3, -0.25) is 0 Å². The van der Waals surface area contributed by atoms with Crippen molar-refractivity contribution < 1.29 is 4.79 Å². The van der Waals surface area contributed by atoms with Crippen LogP contribution >= 0.6 is 0 Å². The third-order valence-corrected chi connectivity index (χ3v) is 4.49. The Bertz CT molecular complexity index is 589. The number of hydrogen-bond acceptors (Lipinski definition) is 1. The second-order valence-corrected chi connectivity index (χ2v) is 7.25. The molecule has 1 aliphatic carbocycles. The molecule has 0 radical (unpaired) electrons. The molecule has 1 unspecified atom stereocenters. The van der Waals surface area contributed by atoms with Crippen LogP contribution in [0.15, 0.2) is 54.1 Å². The average molecular weight is 326 g/mol. The van der Waals surface area contributed by atoms with Gasteiger partial charge in [0.1, 0.15) is 0 Å². The maximum Gasteiger partial charge on any atom is 0.322 e. The van der Waals surface area contributed by atoms with Gasteiger partial charge in [-0.2, -0.15) is 0 Å². The third-order valence-electron chi connectivity index (χ3n) is 4.49. The van der Waals surface area contributed by atoms with Gasteiger partial charge in [0.2, 0.25) is 0 Å². The predicted octanol–water partition coefficient (Wildman–Crippen LogP) is 5.48. The van der Waals surface area contributed by atoms with Crippen molar-refractivity contribution in [2.75, 3.05) is 18.4 Å². The lowest BCUT2D eigenvalue weighted by Gasteiger charge is -2.29. The van der Waals surface area contributed by atoms with E-state index < -0.39 is 0 Å². The summed E-state index contributed by atoms with van der Waals surface area (Å²) >= 11 is 0. The summed E-state index contributed by atoms with van der Waals surface area (Å²) in [5.41, 5.74) is 3.48. The summed E-state index contributed by atoms with van der Waals surface area (Å²) in [6, 6.07) is 9.64. The standard InChI is InChI=1S/C21H30N2O/c1-16(2)14-23(21(24)22-20-8-6-5-7-9-20)15-18-10-12-19(13-11-18)17(3)4/h5-10,16,19H,3,11-15H2,1-2,4H3,(H,22,24). The highest BCUT2D eigenvalue weighted by Crippen LogP contribution is 2.28. The molecule has 2 amide bonds. The molecule has 3 nitrogen and oxygen atoms in total. The van der Waals surface area contributed by atoms with Gasteiger partial charge in [-0.25, -0.2) is 4.79 Å². The maximum absolute atomic E-state index is 12.7.